The maximum Gasteiger partial charge on any atom is 0.513 e. The third-order valence-corrected chi connectivity index (χ3v) is 3.84. The molecule has 0 bridgehead atoms. The highest BCUT2D eigenvalue weighted by atomic mass is 16.7. The molecule has 1 aliphatic rings. The van der Waals surface area contributed by atoms with Gasteiger partial charge in [-0.05, 0) is 19.4 Å². The number of allylic oxidation sites excluding steroid dienone is 1. The maximum atomic E-state index is 11.6. The minimum atomic E-state index is -0.835. The van der Waals surface area contributed by atoms with Crippen molar-refractivity contribution in [2.75, 3.05) is 14.2 Å². The Balaban J connectivity index is 2.46. The van der Waals surface area contributed by atoms with Crippen LogP contribution in [-0.2, 0) is 18.9 Å². The lowest BCUT2D eigenvalue weighted by molar-refractivity contribution is 0.00351. The summed E-state index contributed by atoms with van der Waals surface area (Å²) in [6.45, 7) is 3.67. The van der Waals surface area contributed by atoms with Crippen LogP contribution in [-0.4, -0.2) is 38.7 Å². The highest BCUT2D eigenvalue weighted by Crippen LogP contribution is 2.37. The van der Waals surface area contributed by atoms with E-state index in [0.717, 1.165) is 5.56 Å². The van der Waals surface area contributed by atoms with Gasteiger partial charge in [0.2, 0.25) is 0 Å². The van der Waals surface area contributed by atoms with Crippen molar-refractivity contribution in [2.24, 2.45) is 0 Å². The zero-order chi connectivity index (χ0) is 17.7. The van der Waals surface area contributed by atoms with Gasteiger partial charge in [-0.15, -0.1) is 0 Å². The van der Waals surface area contributed by atoms with Gasteiger partial charge < -0.3 is 24.3 Å². The second-order valence-electron chi connectivity index (χ2n) is 5.40. The molecule has 3 atom stereocenters. The molecule has 0 radical (unpaired) electrons. The Bertz CT molecular complexity index is 627. The zero-order valence-corrected chi connectivity index (χ0v) is 14.1. The summed E-state index contributed by atoms with van der Waals surface area (Å²) in [6.07, 6.45) is -2.26. The van der Waals surface area contributed by atoms with Crippen molar-refractivity contribution in [3.63, 3.8) is 0 Å². The van der Waals surface area contributed by atoms with Crippen LogP contribution >= 0.6 is 0 Å². The van der Waals surface area contributed by atoms with E-state index in [1.807, 2.05) is 37.3 Å². The molecule has 0 fully saturated rings. The topological polar surface area (TPSA) is 83.1 Å². The van der Waals surface area contributed by atoms with E-state index in [4.69, 9.17) is 9.47 Å². The first-order valence-corrected chi connectivity index (χ1v) is 7.50. The average Bonchev–Trinajstić information content (AvgIpc) is 2.59. The van der Waals surface area contributed by atoms with Gasteiger partial charge in [-0.2, -0.15) is 0 Å². The Morgan fingerprint density at radius 2 is 1.67 bits per heavy atom. The molecule has 0 saturated heterocycles. The van der Waals surface area contributed by atoms with Gasteiger partial charge in [0.25, 0.3) is 0 Å². The van der Waals surface area contributed by atoms with Gasteiger partial charge in [0.1, 0.15) is 11.9 Å². The molecule has 0 spiro atoms. The summed E-state index contributed by atoms with van der Waals surface area (Å²) in [5.41, 5.74) is 1.52. The van der Waals surface area contributed by atoms with Gasteiger partial charge >= 0.3 is 12.3 Å². The van der Waals surface area contributed by atoms with E-state index in [0.29, 0.717) is 11.5 Å². The number of hydrogen-bond acceptors (Lipinski definition) is 7. The smallest absolute Gasteiger partial charge is 0.438 e. The predicted molar refractivity (Wildman–Crippen MR) is 85.2 cm³/mol. The molecule has 24 heavy (non-hydrogen) atoms. The van der Waals surface area contributed by atoms with E-state index in [1.54, 1.807) is 6.92 Å². The molecule has 7 heteroatoms. The van der Waals surface area contributed by atoms with Crippen molar-refractivity contribution >= 4 is 12.3 Å². The second kappa shape index (κ2) is 7.72. The Kier molecular flexibility index (Phi) is 5.68. The number of methoxy groups -OCH3 is 2. The second-order valence-corrected chi connectivity index (χ2v) is 5.40. The summed E-state index contributed by atoms with van der Waals surface area (Å²) in [7, 11) is 2.48. The highest BCUT2D eigenvalue weighted by Gasteiger charge is 2.41. The van der Waals surface area contributed by atoms with Gasteiger partial charge in [-0.3, -0.25) is 0 Å². The standard InChI is InChI=1S/C17H21NO6/c1-10-14(23-16(19)21-3)13(12-8-6-5-7-9-12)15(11(2)18-10)24-17(20)22-4/h5-10,13-14,18H,1-4H3. The van der Waals surface area contributed by atoms with E-state index in [-0.39, 0.29) is 6.04 Å². The Labute approximate surface area is 140 Å². The van der Waals surface area contributed by atoms with E-state index < -0.39 is 24.3 Å². The maximum absolute atomic E-state index is 11.6. The van der Waals surface area contributed by atoms with Crippen LogP contribution in [0.3, 0.4) is 0 Å². The molecule has 0 saturated carbocycles. The highest BCUT2D eigenvalue weighted by molar-refractivity contribution is 5.63. The van der Waals surface area contributed by atoms with Crippen LogP contribution < -0.4 is 5.32 Å². The van der Waals surface area contributed by atoms with Gasteiger partial charge in [0, 0.05) is 5.70 Å². The number of hydrogen-bond donors (Lipinski definition) is 1. The first kappa shape index (κ1) is 17.7. The van der Waals surface area contributed by atoms with E-state index in [2.05, 4.69) is 14.8 Å². The number of rotatable bonds is 3. The predicted octanol–water partition coefficient (Wildman–Crippen LogP) is 2.93. The fourth-order valence-corrected chi connectivity index (χ4v) is 2.77. The first-order chi connectivity index (χ1) is 11.5. The lowest BCUT2D eigenvalue weighted by Crippen LogP contribution is -2.48. The molecule has 1 aliphatic heterocycles. The minimum Gasteiger partial charge on any atom is -0.438 e. The Hall–Kier alpha value is -2.70. The lowest BCUT2D eigenvalue weighted by atomic mass is 9.84. The number of carbonyl (C=O) groups excluding carboxylic acids is 2. The van der Waals surface area contributed by atoms with Gasteiger partial charge in [0.05, 0.1) is 26.2 Å². The molecular weight excluding hydrogens is 314 g/mol. The molecule has 1 aromatic rings. The van der Waals surface area contributed by atoms with Crippen LogP contribution in [0.25, 0.3) is 0 Å². The fraction of sp³-hybridized carbons (Fsp3) is 0.412. The van der Waals surface area contributed by atoms with Crippen LogP contribution in [0.1, 0.15) is 25.3 Å². The number of benzene rings is 1. The van der Waals surface area contributed by atoms with E-state index in [1.165, 1.54) is 14.2 Å². The quantitative estimate of drug-likeness (QED) is 0.850. The molecule has 7 nitrogen and oxygen atoms in total. The van der Waals surface area contributed by atoms with Crippen molar-refractivity contribution in [3.8, 4) is 0 Å². The van der Waals surface area contributed by atoms with Crippen molar-refractivity contribution in [1.82, 2.24) is 5.32 Å². The third-order valence-electron chi connectivity index (χ3n) is 3.84. The SMILES string of the molecule is COC(=O)OC1=C(C)NC(C)C(OC(=O)OC)C1c1ccccc1. The molecule has 0 aromatic heterocycles. The molecular formula is C17H21NO6. The van der Waals surface area contributed by atoms with Gasteiger partial charge in [-0.1, -0.05) is 30.3 Å². The summed E-state index contributed by atoms with van der Waals surface area (Å²) in [6, 6.07) is 9.15. The van der Waals surface area contributed by atoms with Crippen molar-refractivity contribution in [1.29, 1.82) is 0 Å². The number of carbonyl (C=O) groups is 2. The van der Waals surface area contributed by atoms with Gasteiger partial charge in [-0.25, -0.2) is 9.59 Å². The van der Waals surface area contributed by atoms with Crippen molar-refractivity contribution in [3.05, 3.63) is 47.4 Å². The van der Waals surface area contributed by atoms with Crippen molar-refractivity contribution < 1.29 is 28.5 Å². The van der Waals surface area contributed by atoms with Crippen LogP contribution in [0.4, 0.5) is 9.59 Å². The summed E-state index contributed by atoms with van der Waals surface area (Å²) in [4.78, 5) is 23.3. The van der Waals surface area contributed by atoms with E-state index >= 15 is 0 Å². The molecule has 0 amide bonds. The zero-order valence-electron chi connectivity index (χ0n) is 14.1. The molecule has 2 rings (SSSR count). The summed E-state index contributed by atoms with van der Waals surface area (Å²) in [5.74, 6) is -0.124. The number of ether oxygens (including phenoxy) is 4. The van der Waals surface area contributed by atoms with Crippen LogP contribution in [0.2, 0.25) is 0 Å². The largest absolute Gasteiger partial charge is 0.513 e. The Morgan fingerprint density at radius 1 is 1.04 bits per heavy atom. The Morgan fingerprint density at radius 3 is 2.25 bits per heavy atom. The first-order valence-electron chi connectivity index (χ1n) is 7.50. The fourth-order valence-electron chi connectivity index (χ4n) is 2.77. The van der Waals surface area contributed by atoms with Crippen LogP contribution in [0.5, 0.6) is 0 Å². The van der Waals surface area contributed by atoms with E-state index in [9.17, 15) is 9.59 Å². The molecule has 1 aromatic carbocycles. The minimum absolute atomic E-state index is 0.209. The molecule has 1 N–H and O–H groups in total. The molecule has 3 unspecified atom stereocenters. The third kappa shape index (κ3) is 3.79. The normalized spacial score (nSPS) is 23.1. The van der Waals surface area contributed by atoms with Crippen molar-refractivity contribution in [2.45, 2.75) is 31.9 Å². The number of nitrogens with one attached hydrogen (secondary N) is 1. The van der Waals surface area contributed by atoms with Gasteiger partial charge in [0.15, 0.2) is 0 Å². The molecule has 130 valence electrons. The van der Waals surface area contributed by atoms with Crippen LogP contribution in [0, 0.1) is 0 Å². The molecule has 1 heterocycles. The van der Waals surface area contributed by atoms with Crippen LogP contribution in [0.15, 0.2) is 41.8 Å². The summed E-state index contributed by atoms with van der Waals surface area (Å²) < 4.78 is 20.0. The summed E-state index contributed by atoms with van der Waals surface area (Å²) in [5, 5.41) is 3.15. The molecule has 0 aliphatic carbocycles. The lowest BCUT2D eigenvalue weighted by Gasteiger charge is -2.38. The summed E-state index contributed by atoms with van der Waals surface area (Å²) >= 11 is 0. The average molecular weight is 335 g/mol. The monoisotopic (exact) mass is 335 g/mol.